The Morgan fingerprint density at radius 2 is 1.74 bits per heavy atom. The molecule has 0 unspecified atom stereocenters. The summed E-state index contributed by atoms with van der Waals surface area (Å²) in [4.78, 5) is 32.3. The molecule has 0 aromatic carbocycles. The maximum atomic E-state index is 14.0. The van der Waals surface area contributed by atoms with Gasteiger partial charge in [-0.05, 0) is 6.07 Å². The molecule has 11 nitrogen and oxygen atoms in total. The van der Waals surface area contributed by atoms with Gasteiger partial charge in [-0.1, -0.05) is 23.2 Å². The summed E-state index contributed by atoms with van der Waals surface area (Å²) in [5.41, 5.74) is -2.43. The number of halogens is 5. The van der Waals surface area contributed by atoms with Crippen LogP contribution >= 0.6 is 23.2 Å². The van der Waals surface area contributed by atoms with Crippen molar-refractivity contribution in [3.05, 3.63) is 64.4 Å². The van der Waals surface area contributed by atoms with Gasteiger partial charge in [-0.3, -0.25) is 9.59 Å². The van der Waals surface area contributed by atoms with Crippen LogP contribution in [0.3, 0.4) is 0 Å². The second-order valence-corrected chi connectivity index (χ2v) is 7.22. The van der Waals surface area contributed by atoms with Gasteiger partial charge in [-0.25, -0.2) is 14.6 Å². The molecule has 0 atom stereocenters. The molecule has 2 amide bonds. The summed E-state index contributed by atoms with van der Waals surface area (Å²) in [6.07, 6.45) is 1.04. The van der Waals surface area contributed by atoms with E-state index in [1.165, 1.54) is 24.7 Å². The van der Waals surface area contributed by atoms with Gasteiger partial charge in [0.1, 0.15) is 5.82 Å². The monoisotopic (exact) mass is 511 g/mol. The average molecular weight is 512 g/mol. The first-order valence-corrected chi connectivity index (χ1v) is 9.79. The molecule has 34 heavy (non-hydrogen) atoms. The number of anilines is 2. The van der Waals surface area contributed by atoms with Crippen LogP contribution in [0.2, 0.25) is 10.0 Å². The molecule has 4 aromatic heterocycles. The molecular formula is C18H10Cl2F3N9O2. The summed E-state index contributed by atoms with van der Waals surface area (Å²) in [6, 6.07) is 2.35. The number of pyridine rings is 2. The van der Waals surface area contributed by atoms with Gasteiger partial charge in [-0.2, -0.15) is 28.5 Å². The van der Waals surface area contributed by atoms with Crippen LogP contribution < -0.4 is 10.6 Å². The Balaban J connectivity index is 1.70. The molecule has 0 spiro atoms. The Bertz CT molecular complexity index is 1370. The van der Waals surface area contributed by atoms with Gasteiger partial charge >= 0.3 is 6.18 Å². The SMILES string of the molecule is O=CNc1cc(-n2ncc(C(=O)Nc3cnc(-n4nccn4)c(Cl)c3)c2C(F)(F)F)c(Cl)cn1. The van der Waals surface area contributed by atoms with Crippen LogP contribution in [0.4, 0.5) is 24.7 Å². The van der Waals surface area contributed by atoms with Crippen molar-refractivity contribution in [2.75, 3.05) is 10.6 Å². The lowest BCUT2D eigenvalue weighted by Crippen LogP contribution is -2.21. The lowest BCUT2D eigenvalue weighted by molar-refractivity contribution is -0.143. The third-order valence-corrected chi connectivity index (χ3v) is 4.81. The second-order valence-electron chi connectivity index (χ2n) is 6.40. The molecule has 4 rings (SSSR count). The molecule has 4 heterocycles. The predicted octanol–water partition coefficient (Wildman–Crippen LogP) is 3.39. The Hall–Kier alpha value is -4.04. The van der Waals surface area contributed by atoms with Gasteiger partial charge in [0.2, 0.25) is 6.41 Å². The number of hydrogen-bond donors (Lipinski definition) is 2. The Kier molecular flexibility index (Phi) is 6.17. The van der Waals surface area contributed by atoms with Crippen LogP contribution in [-0.4, -0.2) is 47.1 Å². The Morgan fingerprint density at radius 1 is 1.00 bits per heavy atom. The average Bonchev–Trinajstić information content (AvgIpc) is 3.45. The fraction of sp³-hybridized carbons (Fsp3) is 0.0556. The van der Waals surface area contributed by atoms with Gasteiger partial charge in [-0.15, -0.1) is 4.80 Å². The number of aromatic nitrogens is 7. The number of hydrogen-bond acceptors (Lipinski definition) is 7. The van der Waals surface area contributed by atoms with Crippen molar-refractivity contribution in [1.82, 2.24) is 34.7 Å². The minimum atomic E-state index is -5.00. The molecule has 0 saturated heterocycles. The molecule has 16 heteroatoms. The third-order valence-electron chi connectivity index (χ3n) is 4.24. The third kappa shape index (κ3) is 4.53. The van der Waals surface area contributed by atoms with Crippen molar-refractivity contribution in [2.45, 2.75) is 6.18 Å². The number of carbonyl (C=O) groups is 2. The van der Waals surface area contributed by atoms with Crippen molar-refractivity contribution < 1.29 is 22.8 Å². The number of carbonyl (C=O) groups excluding carboxylic acids is 2. The lowest BCUT2D eigenvalue weighted by atomic mass is 10.2. The van der Waals surface area contributed by atoms with E-state index >= 15 is 0 Å². The Morgan fingerprint density at radius 3 is 2.38 bits per heavy atom. The predicted molar refractivity (Wildman–Crippen MR) is 113 cm³/mol. The summed E-state index contributed by atoms with van der Waals surface area (Å²) in [7, 11) is 0. The molecule has 4 aromatic rings. The van der Waals surface area contributed by atoms with Crippen molar-refractivity contribution in [2.24, 2.45) is 0 Å². The van der Waals surface area contributed by atoms with Gasteiger partial charge in [0, 0.05) is 6.07 Å². The van der Waals surface area contributed by atoms with Crippen LogP contribution in [0.25, 0.3) is 11.5 Å². The van der Waals surface area contributed by atoms with Crippen LogP contribution in [0.15, 0.2) is 43.1 Å². The molecule has 0 aliphatic rings. The number of amides is 2. The maximum absolute atomic E-state index is 14.0. The fourth-order valence-electron chi connectivity index (χ4n) is 2.87. The number of nitrogens with one attached hydrogen (secondary N) is 2. The highest BCUT2D eigenvalue weighted by Crippen LogP contribution is 2.36. The topological polar surface area (TPSA) is 133 Å². The highest BCUT2D eigenvalue weighted by molar-refractivity contribution is 6.32. The van der Waals surface area contributed by atoms with E-state index in [2.05, 4.69) is 35.9 Å². The highest BCUT2D eigenvalue weighted by atomic mass is 35.5. The van der Waals surface area contributed by atoms with Gasteiger partial charge in [0.05, 0.1) is 58.0 Å². The molecule has 0 aliphatic heterocycles. The van der Waals surface area contributed by atoms with E-state index in [0.717, 1.165) is 23.3 Å². The Labute approximate surface area is 197 Å². The first-order valence-electron chi connectivity index (χ1n) is 9.04. The first kappa shape index (κ1) is 23.1. The van der Waals surface area contributed by atoms with E-state index in [1.54, 1.807) is 0 Å². The van der Waals surface area contributed by atoms with Crippen molar-refractivity contribution in [1.29, 1.82) is 0 Å². The van der Waals surface area contributed by atoms with E-state index in [-0.39, 0.29) is 33.1 Å². The molecular weight excluding hydrogens is 502 g/mol. The lowest BCUT2D eigenvalue weighted by Gasteiger charge is -2.14. The van der Waals surface area contributed by atoms with Gasteiger partial charge in [0.15, 0.2) is 11.5 Å². The zero-order valence-corrected chi connectivity index (χ0v) is 18.0. The number of rotatable bonds is 6. The fourth-order valence-corrected chi connectivity index (χ4v) is 3.29. The summed E-state index contributed by atoms with van der Waals surface area (Å²) in [6.45, 7) is 0. The largest absolute Gasteiger partial charge is 0.434 e. The second kappa shape index (κ2) is 9.07. The molecule has 0 saturated carbocycles. The molecule has 0 aliphatic carbocycles. The van der Waals surface area contributed by atoms with Crippen molar-refractivity contribution in [3.8, 4) is 11.5 Å². The van der Waals surface area contributed by atoms with E-state index < -0.39 is 23.3 Å². The van der Waals surface area contributed by atoms with Crippen LogP contribution in [-0.2, 0) is 11.0 Å². The normalized spacial score (nSPS) is 11.3. The van der Waals surface area contributed by atoms with E-state index in [4.69, 9.17) is 23.2 Å². The van der Waals surface area contributed by atoms with Crippen LogP contribution in [0, 0.1) is 0 Å². The quantitative estimate of drug-likeness (QED) is 0.379. The zero-order valence-electron chi connectivity index (χ0n) is 16.5. The summed E-state index contributed by atoms with van der Waals surface area (Å²) in [5, 5.41) is 15.8. The summed E-state index contributed by atoms with van der Waals surface area (Å²) >= 11 is 12.1. The molecule has 2 N–H and O–H groups in total. The van der Waals surface area contributed by atoms with E-state index in [0.29, 0.717) is 11.1 Å². The molecule has 174 valence electrons. The van der Waals surface area contributed by atoms with Crippen molar-refractivity contribution in [3.63, 3.8) is 0 Å². The van der Waals surface area contributed by atoms with E-state index in [1.807, 2.05) is 0 Å². The summed E-state index contributed by atoms with van der Waals surface area (Å²) in [5.74, 6) is -1.05. The molecule has 0 radical (unpaired) electrons. The van der Waals surface area contributed by atoms with E-state index in [9.17, 15) is 22.8 Å². The summed E-state index contributed by atoms with van der Waals surface area (Å²) < 4.78 is 42.3. The number of nitrogens with zero attached hydrogens (tertiary/aromatic N) is 7. The standard InChI is InChI=1S/C18H10Cl2F3N9O2/c19-11-3-9(5-25-16(11)32-27-1-2-28-32)30-17(34)10-6-29-31(15(10)18(21,22)23)13-4-14(26-8-33)24-7-12(13)20/h1-8H,(H,30,34)(H,24,26,33). The highest BCUT2D eigenvalue weighted by Gasteiger charge is 2.41. The van der Waals surface area contributed by atoms with Crippen LogP contribution in [0.1, 0.15) is 16.1 Å². The minimum Gasteiger partial charge on any atom is -0.320 e. The smallest absolute Gasteiger partial charge is 0.320 e. The van der Waals surface area contributed by atoms with Gasteiger partial charge < -0.3 is 10.6 Å². The van der Waals surface area contributed by atoms with Crippen molar-refractivity contribution >= 4 is 47.0 Å². The maximum Gasteiger partial charge on any atom is 0.434 e. The first-order chi connectivity index (χ1) is 16.2. The molecule has 0 fully saturated rings. The van der Waals surface area contributed by atoms with Gasteiger partial charge in [0.25, 0.3) is 5.91 Å². The zero-order chi connectivity index (χ0) is 24.5. The van der Waals surface area contributed by atoms with Crippen LogP contribution in [0.5, 0.6) is 0 Å². The minimum absolute atomic E-state index is 0.0196. The number of alkyl halides is 3. The molecule has 0 bridgehead atoms.